The van der Waals surface area contributed by atoms with E-state index >= 15 is 0 Å². The molecular weight excluding hydrogens is 469 g/mol. The van der Waals surface area contributed by atoms with E-state index < -0.39 is 6.36 Å². The van der Waals surface area contributed by atoms with Crippen molar-refractivity contribution in [3.05, 3.63) is 53.6 Å². The number of hydrogen-bond donors (Lipinski definition) is 2. The molecule has 6 nitrogen and oxygen atoms in total. The third kappa shape index (κ3) is 6.44. The molecule has 0 spiro atoms. The second-order valence-corrected chi connectivity index (χ2v) is 8.42. The largest absolute Gasteiger partial charge is 0.573 e. The van der Waals surface area contributed by atoms with Gasteiger partial charge in [0, 0.05) is 22.7 Å². The molecule has 0 aliphatic heterocycles. The third-order valence-electron chi connectivity index (χ3n) is 5.45. The number of nitrogens with zero attached hydrogens (tertiary/aromatic N) is 2. The monoisotopic (exact) mass is 492 g/mol. The molecule has 0 unspecified atom stereocenters. The number of alkyl halides is 3. The van der Waals surface area contributed by atoms with E-state index in [-0.39, 0.29) is 11.8 Å². The first-order valence-corrected chi connectivity index (χ1v) is 11.3. The number of anilines is 3. The van der Waals surface area contributed by atoms with Gasteiger partial charge in [-0.3, -0.25) is 0 Å². The first-order chi connectivity index (χ1) is 16.3. The van der Waals surface area contributed by atoms with Gasteiger partial charge in [-0.1, -0.05) is 43.0 Å². The Morgan fingerprint density at radius 1 is 1.00 bits per heavy atom. The van der Waals surface area contributed by atoms with Crippen LogP contribution in [0.2, 0.25) is 5.02 Å². The summed E-state index contributed by atoms with van der Waals surface area (Å²) in [7, 11) is 1.54. The molecule has 0 amide bonds. The molecule has 10 heteroatoms. The highest BCUT2D eigenvalue weighted by Crippen LogP contribution is 2.33. The van der Waals surface area contributed by atoms with Crippen LogP contribution in [0.4, 0.5) is 30.6 Å². The Morgan fingerprint density at radius 3 is 2.53 bits per heavy atom. The molecule has 4 rings (SSSR count). The standard InChI is InChI=1S/C24H24ClF3N4O2/c1-33-21-11-10-16(25)13-20(21)30-22-14-19(15-6-5-9-18(12-15)34-24(26,27)28)31-23(32-22)29-17-7-3-2-4-8-17/h5-6,9-14,17H,2-4,7-8H2,1H3,(H2,29,30,31,32). The Hall–Kier alpha value is -3.20. The quantitative estimate of drug-likeness (QED) is 0.363. The van der Waals surface area contributed by atoms with Crippen molar-refractivity contribution in [1.29, 1.82) is 0 Å². The summed E-state index contributed by atoms with van der Waals surface area (Å²) in [6.45, 7) is 0. The van der Waals surface area contributed by atoms with Crippen molar-refractivity contribution < 1.29 is 22.6 Å². The minimum Gasteiger partial charge on any atom is -0.495 e. The van der Waals surface area contributed by atoms with Gasteiger partial charge in [-0.25, -0.2) is 4.98 Å². The minimum atomic E-state index is -4.78. The van der Waals surface area contributed by atoms with E-state index in [1.807, 2.05) is 0 Å². The van der Waals surface area contributed by atoms with E-state index in [9.17, 15) is 13.2 Å². The number of aromatic nitrogens is 2. The molecule has 1 fully saturated rings. The highest BCUT2D eigenvalue weighted by molar-refractivity contribution is 6.31. The lowest BCUT2D eigenvalue weighted by Gasteiger charge is -2.23. The molecular formula is C24H24ClF3N4O2. The van der Waals surface area contributed by atoms with Gasteiger partial charge >= 0.3 is 6.36 Å². The van der Waals surface area contributed by atoms with Crippen LogP contribution in [-0.2, 0) is 0 Å². The molecule has 34 heavy (non-hydrogen) atoms. The SMILES string of the molecule is COc1ccc(Cl)cc1Nc1cc(-c2cccc(OC(F)(F)F)c2)nc(NC2CCCCC2)n1. The van der Waals surface area contributed by atoms with Crippen LogP contribution in [0.5, 0.6) is 11.5 Å². The van der Waals surface area contributed by atoms with Gasteiger partial charge in [-0.05, 0) is 43.2 Å². The maximum Gasteiger partial charge on any atom is 0.573 e. The predicted octanol–water partition coefficient (Wildman–Crippen LogP) is 7.19. The Kier molecular flexibility index (Phi) is 7.31. The van der Waals surface area contributed by atoms with Crippen molar-refractivity contribution in [1.82, 2.24) is 9.97 Å². The molecule has 0 bridgehead atoms. The fourth-order valence-electron chi connectivity index (χ4n) is 3.92. The number of methoxy groups -OCH3 is 1. The number of ether oxygens (including phenoxy) is 2. The zero-order chi connectivity index (χ0) is 24.1. The van der Waals surface area contributed by atoms with Crippen LogP contribution in [0.15, 0.2) is 48.5 Å². The number of hydrogen-bond acceptors (Lipinski definition) is 6. The Balaban J connectivity index is 1.70. The van der Waals surface area contributed by atoms with Crippen LogP contribution in [0, 0.1) is 0 Å². The van der Waals surface area contributed by atoms with E-state index in [0.29, 0.717) is 39.5 Å². The van der Waals surface area contributed by atoms with Crippen molar-refractivity contribution in [2.45, 2.75) is 44.5 Å². The number of benzene rings is 2. The van der Waals surface area contributed by atoms with E-state index in [4.69, 9.17) is 16.3 Å². The Morgan fingerprint density at radius 2 is 1.79 bits per heavy atom. The van der Waals surface area contributed by atoms with Gasteiger partial charge in [0.1, 0.15) is 17.3 Å². The molecule has 1 heterocycles. The van der Waals surface area contributed by atoms with Crippen LogP contribution in [0.3, 0.4) is 0 Å². The average Bonchev–Trinajstić information content (AvgIpc) is 2.79. The smallest absolute Gasteiger partial charge is 0.495 e. The van der Waals surface area contributed by atoms with Crippen molar-refractivity contribution in [2.24, 2.45) is 0 Å². The van der Waals surface area contributed by atoms with Gasteiger partial charge in [-0.15, -0.1) is 13.2 Å². The molecule has 3 aromatic rings. The van der Waals surface area contributed by atoms with E-state index in [2.05, 4.69) is 25.3 Å². The summed E-state index contributed by atoms with van der Waals surface area (Å²) in [6.07, 6.45) is 0.680. The fraction of sp³-hybridized carbons (Fsp3) is 0.333. The lowest BCUT2D eigenvalue weighted by atomic mass is 9.96. The summed E-state index contributed by atoms with van der Waals surface area (Å²) in [4.78, 5) is 9.17. The Bertz CT molecular complexity index is 1140. The fourth-order valence-corrected chi connectivity index (χ4v) is 4.09. The second kappa shape index (κ2) is 10.4. The molecule has 1 aliphatic carbocycles. The van der Waals surface area contributed by atoms with Crippen molar-refractivity contribution in [2.75, 3.05) is 17.7 Å². The zero-order valence-corrected chi connectivity index (χ0v) is 19.2. The summed E-state index contributed by atoms with van der Waals surface area (Å²) < 4.78 is 47.6. The summed E-state index contributed by atoms with van der Waals surface area (Å²) in [5.74, 6) is 1.06. The van der Waals surface area contributed by atoms with Crippen LogP contribution >= 0.6 is 11.6 Å². The topological polar surface area (TPSA) is 68.3 Å². The van der Waals surface area contributed by atoms with Crippen molar-refractivity contribution in [3.8, 4) is 22.8 Å². The van der Waals surface area contributed by atoms with Crippen LogP contribution in [0.25, 0.3) is 11.3 Å². The molecule has 0 saturated heterocycles. The first kappa shape index (κ1) is 23.9. The van der Waals surface area contributed by atoms with E-state index in [1.165, 1.54) is 24.6 Å². The maximum absolute atomic E-state index is 12.7. The van der Waals surface area contributed by atoms with Gasteiger partial charge in [-0.2, -0.15) is 4.98 Å². The third-order valence-corrected chi connectivity index (χ3v) is 5.69. The molecule has 0 atom stereocenters. The highest BCUT2D eigenvalue weighted by Gasteiger charge is 2.31. The molecule has 1 saturated carbocycles. The molecule has 2 N–H and O–H groups in total. The van der Waals surface area contributed by atoms with E-state index in [1.54, 1.807) is 37.4 Å². The van der Waals surface area contributed by atoms with Gasteiger partial charge < -0.3 is 20.1 Å². The maximum atomic E-state index is 12.7. The molecule has 180 valence electrons. The predicted molar refractivity (Wildman–Crippen MR) is 126 cm³/mol. The highest BCUT2D eigenvalue weighted by atomic mass is 35.5. The molecule has 1 aliphatic rings. The van der Waals surface area contributed by atoms with Gasteiger partial charge in [0.15, 0.2) is 0 Å². The lowest BCUT2D eigenvalue weighted by Crippen LogP contribution is -2.23. The van der Waals surface area contributed by atoms with Crippen LogP contribution in [0.1, 0.15) is 32.1 Å². The van der Waals surface area contributed by atoms with Crippen LogP contribution in [-0.4, -0.2) is 29.5 Å². The summed E-state index contributed by atoms with van der Waals surface area (Å²) >= 11 is 6.15. The van der Waals surface area contributed by atoms with Gasteiger partial charge in [0.2, 0.25) is 5.95 Å². The summed E-state index contributed by atoms with van der Waals surface area (Å²) in [5.41, 5.74) is 1.49. The Labute approximate surface area is 200 Å². The normalized spacial score (nSPS) is 14.5. The van der Waals surface area contributed by atoms with Crippen molar-refractivity contribution >= 4 is 29.1 Å². The van der Waals surface area contributed by atoms with Crippen LogP contribution < -0.4 is 20.1 Å². The van der Waals surface area contributed by atoms with E-state index in [0.717, 1.165) is 25.7 Å². The van der Waals surface area contributed by atoms with Crippen molar-refractivity contribution in [3.63, 3.8) is 0 Å². The summed E-state index contributed by atoms with van der Waals surface area (Å²) in [5, 5.41) is 7.08. The molecule has 2 aromatic carbocycles. The average molecular weight is 493 g/mol. The molecule has 0 radical (unpaired) electrons. The number of nitrogens with one attached hydrogen (secondary N) is 2. The zero-order valence-electron chi connectivity index (χ0n) is 18.5. The van der Waals surface area contributed by atoms with Gasteiger partial charge in [0.05, 0.1) is 18.5 Å². The summed E-state index contributed by atoms with van der Waals surface area (Å²) in [6, 6.07) is 12.7. The number of halogens is 4. The number of rotatable bonds is 7. The first-order valence-electron chi connectivity index (χ1n) is 10.9. The second-order valence-electron chi connectivity index (χ2n) is 7.99. The lowest BCUT2D eigenvalue weighted by molar-refractivity contribution is -0.274. The minimum absolute atomic E-state index is 0.234. The van der Waals surface area contributed by atoms with Gasteiger partial charge in [0.25, 0.3) is 0 Å². The molecule has 1 aromatic heterocycles.